The van der Waals surface area contributed by atoms with Gasteiger partial charge >= 0.3 is 23.9 Å². The van der Waals surface area contributed by atoms with Crippen molar-refractivity contribution in [2.45, 2.75) is 19.3 Å². The average Bonchev–Trinajstić information content (AvgIpc) is 2.69. The number of rotatable bonds is 13. The Morgan fingerprint density at radius 2 is 0.704 bits per heavy atom. The molecule has 0 aromatic rings. The third-order valence-electron chi connectivity index (χ3n) is 2.47. The van der Waals surface area contributed by atoms with Crippen LogP contribution in [0.5, 0.6) is 0 Å². The molecule has 0 amide bonds. The topological polar surface area (TPSA) is 105 Å². The Bertz CT molecular complexity index is 476. The van der Waals surface area contributed by atoms with Crippen LogP contribution < -0.4 is 0 Å². The maximum Gasteiger partial charge on any atom is 0.330 e. The molecule has 0 fully saturated rings. The minimum Gasteiger partial charge on any atom is -0.463 e. The molecule has 0 spiro atoms. The van der Waals surface area contributed by atoms with Crippen molar-refractivity contribution in [2.24, 2.45) is 0 Å². The second-order valence-corrected chi connectivity index (χ2v) is 4.55. The molecule has 0 saturated heterocycles. The van der Waals surface area contributed by atoms with Crippen LogP contribution in [0.25, 0.3) is 0 Å². The molecule has 8 heteroatoms. The molecule has 0 saturated carbocycles. The minimum absolute atomic E-state index is 0.218. The molecule has 0 radical (unpaired) electrons. The first-order valence-electron chi connectivity index (χ1n) is 8.08. The van der Waals surface area contributed by atoms with Gasteiger partial charge in [-0.05, 0) is 12.8 Å². The highest BCUT2D eigenvalue weighted by molar-refractivity contribution is 5.82. The van der Waals surface area contributed by atoms with Gasteiger partial charge in [-0.3, -0.25) is 0 Å². The van der Waals surface area contributed by atoms with E-state index in [9.17, 15) is 19.2 Å². The van der Waals surface area contributed by atoms with Gasteiger partial charge in [-0.2, -0.15) is 0 Å². The summed E-state index contributed by atoms with van der Waals surface area (Å²) in [4.78, 5) is 42.1. The molecule has 0 N–H and O–H groups in total. The number of hydrogen-bond donors (Lipinski definition) is 0. The SMILES string of the molecule is C=CC(=O)OCCCCOC(=O)C=C.C=CC(=O)OCCCOC(=O)C=C. The number of esters is 4. The van der Waals surface area contributed by atoms with E-state index in [2.05, 4.69) is 35.8 Å². The first kappa shape index (κ1) is 26.1. The van der Waals surface area contributed by atoms with E-state index in [0.717, 1.165) is 24.3 Å². The van der Waals surface area contributed by atoms with Crippen LogP contribution in [0.3, 0.4) is 0 Å². The zero-order chi connectivity index (χ0) is 20.9. The molecule has 8 nitrogen and oxygen atoms in total. The molecule has 0 aliphatic rings. The van der Waals surface area contributed by atoms with Crippen LogP contribution in [-0.2, 0) is 38.1 Å². The third kappa shape index (κ3) is 20.8. The van der Waals surface area contributed by atoms with Gasteiger partial charge in [0.05, 0.1) is 26.4 Å². The van der Waals surface area contributed by atoms with E-state index in [0.29, 0.717) is 32.5 Å². The lowest BCUT2D eigenvalue weighted by Crippen LogP contribution is -2.07. The molecule has 0 aromatic heterocycles. The summed E-state index contributed by atoms with van der Waals surface area (Å²) >= 11 is 0. The first-order valence-corrected chi connectivity index (χ1v) is 8.08. The van der Waals surface area contributed by atoms with E-state index in [1.807, 2.05) is 0 Å². The quantitative estimate of drug-likeness (QED) is 0.206. The van der Waals surface area contributed by atoms with Gasteiger partial charge in [0.15, 0.2) is 0 Å². The lowest BCUT2D eigenvalue weighted by molar-refractivity contribution is -0.140. The zero-order valence-corrected chi connectivity index (χ0v) is 15.4. The van der Waals surface area contributed by atoms with E-state index < -0.39 is 23.9 Å². The van der Waals surface area contributed by atoms with Gasteiger partial charge in [0.25, 0.3) is 0 Å². The predicted molar refractivity (Wildman–Crippen MR) is 98.5 cm³/mol. The Labute approximate surface area is 159 Å². The van der Waals surface area contributed by atoms with E-state index in [1.165, 1.54) is 0 Å². The molecule has 0 rings (SSSR count). The van der Waals surface area contributed by atoms with E-state index in [1.54, 1.807) is 0 Å². The minimum atomic E-state index is -0.477. The second kappa shape index (κ2) is 19.2. The van der Waals surface area contributed by atoms with E-state index in [4.69, 9.17) is 9.47 Å². The molecule has 0 bridgehead atoms. The monoisotopic (exact) mass is 382 g/mol. The Hall–Kier alpha value is -3.16. The van der Waals surface area contributed by atoms with Gasteiger partial charge in [0, 0.05) is 30.7 Å². The third-order valence-corrected chi connectivity index (χ3v) is 2.47. The highest BCUT2D eigenvalue weighted by Crippen LogP contribution is 1.93. The predicted octanol–water partition coefficient (Wildman–Crippen LogP) is 2.06. The summed E-state index contributed by atoms with van der Waals surface area (Å²) in [6, 6.07) is 0. The summed E-state index contributed by atoms with van der Waals surface area (Å²) in [5.74, 6) is -1.83. The highest BCUT2D eigenvalue weighted by atomic mass is 16.5. The smallest absolute Gasteiger partial charge is 0.330 e. The standard InChI is InChI=1S/C10H14O4.C9H12O4/c1-3-9(11)13-7-5-6-8-14-10(12)4-2;1-3-8(10)12-6-5-7-13-9(11)4-2/h3-4H,1-2,5-8H2;3-4H,1-2,5-7H2. The van der Waals surface area contributed by atoms with Crippen LogP contribution in [0.1, 0.15) is 19.3 Å². The van der Waals surface area contributed by atoms with Gasteiger partial charge in [0.1, 0.15) is 0 Å². The number of unbranched alkanes of at least 4 members (excludes halogenated alkanes) is 1. The Morgan fingerprint density at radius 1 is 0.481 bits per heavy atom. The molecule has 0 heterocycles. The Morgan fingerprint density at radius 3 is 0.926 bits per heavy atom. The van der Waals surface area contributed by atoms with Crippen molar-refractivity contribution in [3.63, 3.8) is 0 Å². The van der Waals surface area contributed by atoms with Gasteiger partial charge < -0.3 is 18.9 Å². The molecule has 0 aromatic carbocycles. The first-order chi connectivity index (χ1) is 12.9. The lowest BCUT2D eigenvalue weighted by atomic mass is 10.3. The Balaban J connectivity index is 0. The van der Waals surface area contributed by atoms with Crippen molar-refractivity contribution in [3.05, 3.63) is 50.6 Å². The van der Waals surface area contributed by atoms with Crippen LogP contribution in [0, 0.1) is 0 Å². The number of hydrogen-bond acceptors (Lipinski definition) is 8. The van der Waals surface area contributed by atoms with Crippen LogP contribution in [0.2, 0.25) is 0 Å². The highest BCUT2D eigenvalue weighted by Gasteiger charge is 1.98. The molecule has 0 unspecified atom stereocenters. The zero-order valence-electron chi connectivity index (χ0n) is 15.4. The van der Waals surface area contributed by atoms with Crippen molar-refractivity contribution in [1.29, 1.82) is 0 Å². The maximum absolute atomic E-state index is 10.6. The lowest BCUT2D eigenvalue weighted by Gasteiger charge is -2.02. The summed E-state index contributed by atoms with van der Waals surface area (Å²) in [6.07, 6.45) is 6.16. The molecular formula is C19H26O8. The number of carbonyl (C=O) groups is 4. The fourth-order valence-corrected chi connectivity index (χ4v) is 1.19. The second-order valence-electron chi connectivity index (χ2n) is 4.55. The van der Waals surface area contributed by atoms with Crippen molar-refractivity contribution in [2.75, 3.05) is 26.4 Å². The van der Waals surface area contributed by atoms with Crippen molar-refractivity contribution in [3.8, 4) is 0 Å². The van der Waals surface area contributed by atoms with Gasteiger partial charge in [-0.15, -0.1) is 0 Å². The molecular weight excluding hydrogens is 356 g/mol. The molecule has 0 aliphatic carbocycles. The van der Waals surface area contributed by atoms with E-state index >= 15 is 0 Å². The largest absolute Gasteiger partial charge is 0.463 e. The normalized spacial score (nSPS) is 8.74. The van der Waals surface area contributed by atoms with Crippen LogP contribution >= 0.6 is 0 Å². The van der Waals surface area contributed by atoms with Gasteiger partial charge in [-0.1, -0.05) is 26.3 Å². The van der Waals surface area contributed by atoms with Crippen LogP contribution in [0.15, 0.2) is 50.6 Å². The average molecular weight is 382 g/mol. The van der Waals surface area contributed by atoms with Crippen molar-refractivity contribution >= 4 is 23.9 Å². The van der Waals surface area contributed by atoms with Crippen LogP contribution in [-0.4, -0.2) is 50.3 Å². The molecule has 0 aliphatic heterocycles. The van der Waals surface area contributed by atoms with Crippen molar-refractivity contribution < 1.29 is 38.1 Å². The summed E-state index contributed by atoms with van der Waals surface area (Å²) in [5, 5.41) is 0. The summed E-state index contributed by atoms with van der Waals surface area (Å²) in [5.41, 5.74) is 0. The summed E-state index contributed by atoms with van der Waals surface area (Å²) in [6.45, 7) is 14.0. The van der Waals surface area contributed by atoms with Crippen molar-refractivity contribution in [1.82, 2.24) is 0 Å². The molecule has 0 atom stereocenters. The summed E-state index contributed by atoms with van der Waals surface area (Å²) < 4.78 is 18.7. The maximum atomic E-state index is 10.6. The molecule has 27 heavy (non-hydrogen) atoms. The van der Waals surface area contributed by atoms with E-state index in [-0.39, 0.29) is 13.2 Å². The molecule has 150 valence electrons. The fourth-order valence-electron chi connectivity index (χ4n) is 1.19. The summed E-state index contributed by atoms with van der Waals surface area (Å²) in [7, 11) is 0. The Kier molecular flexibility index (Phi) is 18.5. The van der Waals surface area contributed by atoms with Gasteiger partial charge in [0.2, 0.25) is 0 Å². The number of ether oxygens (including phenoxy) is 4. The number of carbonyl (C=O) groups excluding carboxylic acids is 4. The fraction of sp³-hybridized carbons (Fsp3) is 0.368. The van der Waals surface area contributed by atoms with Gasteiger partial charge in [-0.25, -0.2) is 19.2 Å². The van der Waals surface area contributed by atoms with Crippen LogP contribution in [0.4, 0.5) is 0 Å².